The van der Waals surface area contributed by atoms with Gasteiger partial charge in [-0.15, -0.1) is 0 Å². The molecule has 0 spiro atoms. The molecule has 0 aliphatic rings. The highest BCUT2D eigenvalue weighted by Crippen LogP contribution is 2.24. The summed E-state index contributed by atoms with van der Waals surface area (Å²) in [6.45, 7) is 3.64. The fourth-order valence-corrected chi connectivity index (χ4v) is 2.62. The van der Waals surface area contributed by atoms with E-state index in [2.05, 4.69) is 4.98 Å². The zero-order valence-electron chi connectivity index (χ0n) is 11.7. The average Bonchev–Trinajstić information content (AvgIpc) is 2.39. The van der Waals surface area contributed by atoms with Gasteiger partial charge in [-0.1, -0.05) is 37.0 Å². The first-order valence-electron chi connectivity index (χ1n) is 6.25. The Morgan fingerprint density at radius 3 is 2.48 bits per heavy atom. The van der Waals surface area contributed by atoms with Crippen LogP contribution in [-0.4, -0.2) is 16.7 Å². The molecule has 1 aromatic heterocycles. The number of halogens is 2. The summed E-state index contributed by atoms with van der Waals surface area (Å²) in [7, 11) is 1.49. The molecule has 1 N–H and O–H groups in total. The lowest BCUT2D eigenvalue weighted by Gasteiger charge is -2.13. The molecule has 7 heteroatoms. The van der Waals surface area contributed by atoms with Crippen molar-refractivity contribution in [1.29, 1.82) is 0 Å². The molecule has 2 rings (SSSR count). The first-order chi connectivity index (χ1) is 9.86. The molecule has 5 nitrogen and oxygen atoms in total. The predicted octanol–water partition coefficient (Wildman–Crippen LogP) is 2.96. The van der Waals surface area contributed by atoms with E-state index < -0.39 is 11.2 Å². The molecule has 1 heterocycles. The zero-order chi connectivity index (χ0) is 15.7. The first kappa shape index (κ1) is 15.7. The molecule has 1 aromatic carbocycles. The number of ether oxygens (including phenoxy) is 1. The highest BCUT2D eigenvalue weighted by molar-refractivity contribution is 6.32. The lowest BCUT2D eigenvalue weighted by atomic mass is 10.1. The monoisotopic (exact) mass is 328 g/mol. The minimum Gasteiger partial charge on any atom is -0.497 e. The van der Waals surface area contributed by atoms with Crippen molar-refractivity contribution in [3.63, 3.8) is 0 Å². The van der Waals surface area contributed by atoms with Gasteiger partial charge in [-0.05, 0) is 18.1 Å². The van der Waals surface area contributed by atoms with Crippen LogP contribution in [0.1, 0.15) is 25.3 Å². The van der Waals surface area contributed by atoms with Crippen LogP contribution in [0, 0.1) is 0 Å². The van der Waals surface area contributed by atoms with Crippen LogP contribution in [0.5, 0.6) is 5.75 Å². The lowest BCUT2D eigenvalue weighted by Crippen LogP contribution is -2.36. The summed E-state index contributed by atoms with van der Waals surface area (Å²) in [5, 5.41) is 0.315. The molecule has 0 fully saturated rings. The van der Waals surface area contributed by atoms with E-state index in [1.54, 1.807) is 12.1 Å². The maximum Gasteiger partial charge on any atom is 0.334 e. The SMILES string of the molecule is COc1ccc(Cl)c(-n2c(=O)[nH]c(Cl)c(C(C)C)c2=O)c1. The van der Waals surface area contributed by atoms with E-state index in [-0.39, 0.29) is 21.8 Å². The van der Waals surface area contributed by atoms with E-state index in [0.29, 0.717) is 11.3 Å². The van der Waals surface area contributed by atoms with Gasteiger partial charge >= 0.3 is 5.69 Å². The molecule has 0 saturated heterocycles. The molecule has 2 aromatic rings. The molecule has 0 radical (unpaired) electrons. The van der Waals surface area contributed by atoms with Crippen LogP contribution in [0.2, 0.25) is 10.2 Å². The second kappa shape index (κ2) is 5.95. The molecule has 0 saturated carbocycles. The van der Waals surface area contributed by atoms with Crippen LogP contribution in [0.4, 0.5) is 0 Å². The van der Waals surface area contributed by atoms with Gasteiger partial charge in [-0.3, -0.25) is 9.78 Å². The van der Waals surface area contributed by atoms with Crippen molar-refractivity contribution in [3.05, 3.63) is 54.8 Å². The van der Waals surface area contributed by atoms with Crippen molar-refractivity contribution in [2.24, 2.45) is 0 Å². The first-order valence-corrected chi connectivity index (χ1v) is 7.01. The third kappa shape index (κ3) is 2.84. The molecule has 0 aliphatic heterocycles. The quantitative estimate of drug-likeness (QED) is 0.881. The number of H-pyrrole nitrogens is 1. The molecular formula is C14H14Cl2N2O3. The number of nitrogens with one attached hydrogen (secondary N) is 1. The predicted molar refractivity (Wildman–Crippen MR) is 83.3 cm³/mol. The second-order valence-electron chi connectivity index (χ2n) is 4.77. The summed E-state index contributed by atoms with van der Waals surface area (Å²) in [5.41, 5.74) is -0.561. The Kier molecular flexibility index (Phi) is 4.44. The van der Waals surface area contributed by atoms with Crippen molar-refractivity contribution in [2.45, 2.75) is 19.8 Å². The third-order valence-electron chi connectivity index (χ3n) is 3.06. The summed E-state index contributed by atoms with van der Waals surface area (Å²) < 4.78 is 6.06. The van der Waals surface area contributed by atoms with E-state index in [9.17, 15) is 9.59 Å². The Morgan fingerprint density at radius 1 is 1.24 bits per heavy atom. The van der Waals surface area contributed by atoms with E-state index in [1.807, 2.05) is 13.8 Å². The molecule has 21 heavy (non-hydrogen) atoms. The van der Waals surface area contributed by atoms with Gasteiger partial charge in [0.25, 0.3) is 5.56 Å². The average molecular weight is 329 g/mol. The Balaban J connectivity index is 2.85. The number of benzene rings is 1. The Hall–Kier alpha value is -1.72. The number of nitrogens with zero attached hydrogens (tertiary/aromatic N) is 1. The van der Waals surface area contributed by atoms with Crippen molar-refractivity contribution >= 4 is 23.2 Å². The van der Waals surface area contributed by atoms with Crippen molar-refractivity contribution < 1.29 is 4.74 Å². The summed E-state index contributed by atoms with van der Waals surface area (Å²) in [4.78, 5) is 27.1. The van der Waals surface area contributed by atoms with Crippen LogP contribution in [0.15, 0.2) is 27.8 Å². The fraction of sp³-hybridized carbons (Fsp3) is 0.286. The summed E-state index contributed by atoms with van der Waals surface area (Å²) in [5.74, 6) is 0.347. The maximum absolute atomic E-state index is 12.6. The smallest absolute Gasteiger partial charge is 0.334 e. The Bertz CT molecular complexity index is 794. The standard InChI is InChI=1S/C14H14Cl2N2O3/c1-7(2)11-12(16)17-14(20)18(13(11)19)10-6-8(21-3)4-5-9(10)15/h4-7H,1-3H3,(H,17,20). The number of methoxy groups -OCH3 is 1. The van der Waals surface area contributed by atoms with Gasteiger partial charge in [-0.2, -0.15) is 0 Å². The van der Waals surface area contributed by atoms with Gasteiger partial charge in [-0.25, -0.2) is 9.36 Å². The van der Waals surface area contributed by atoms with Crippen molar-refractivity contribution in [1.82, 2.24) is 9.55 Å². The van der Waals surface area contributed by atoms with Crippen LogP contribution in [0.3, 0.4) is 0 Å². The summed E-state index contributed by atoms with van der Waals surface area (Å²) in [6, 6.07) is 4.73. The zero-order valence-corrected chi connectivity index (χ0v) is 13.2. The minimum absolute atomic E-state index is 0.0512. The van der Waals surface area contributed by atoms with Crippen LogP contribution in [0.25, 0.3) is 5.69 Å². The maximum atomic E-state index is 12.6. The van der Waals surface area contributed by atoms with E-state index in [0.717, 1.165) is 4.57 Å². The van der Waals surface area contributed by atoms with Gasteiger partial charge in [0, 0.05) is 6.07 Å². The number of aromatic amines is 1. The molecule has 0 amide bonds. The number of hydrogen-bond acceptors (Lipinski definition) is 3. The van der Waals surface area contributed by atoms with Gasteiger partial charge < -0.3 is 4.74 Å². The van der Waals surface area contributed by atoms with Crippen molar-refractivity contribution in [3.8, 4) is 11.4 Å². The molecular weight excluding hydrogens is 315 g/mol. The highest BCUT2D eigenvalue weighted by atomic mass is 35.5. The number of rotatable bonds is 3. The van der Waals surface area contributed by atoms with Gasteiger partial charge in [0.1, 0.15) is 10.9 Å². The topological polar surface area (TPSA) is 64.1 Å². The summed E-state index contributed by atoms with van der Waals surface area (Å²) in [6.07, 6.45) is 0. The largest absolute Gasteiger partial charge is 0.497 e. The minimum atomic E-state index is -0.649. The molecule has 0 unspecified atom stereocenters. The lowest BCUT2D eigenvalue weighted by molar-refractivity contribution is 0.414. The van der Waals surface area contributed by atoms with Gasteiger partial charge in [0.05, 0.1) is 23.4 Å². The fourth-order valence-electron chi connectivity index (χ4n) is 2.03. The van der Waals surface area contributed by atoms with Crippen LogP contribution in [-0.2, 0) is 0 Å². The van der Waals surface area contributed by atoms with Crippen LogP contribution >= 0.6 is 23.2 Å². The van der Waals surface area contributed by atoms with Crippen LogP contribution < -0.4 is 16.0 Å². The Morgan fingerprint density at radius 2 is 1.90 bits per heavy atom. The van der Waals surface area contributed by atoms with E-state index >= 15 is 0 Å². The normalized spacial score (nSPS) is 11.0. The van der Waals surface area contributed by atoms with Crippen molar-refractivity contribution in [2.75, 3.05) is 7.11 Å². The molecule has 0 aliphatic carbocycles. The Labute approximate surface area is 131 Å². The third-order valence-corrected chi connectivity index (χ3v) is 3.68. The van der Waals surface area contributed by atoms with E-state index in [4.69, 9.17) is 27.9 Å². The number of hydrogen-bond donors (Lipinski definition) is 1. The molecule has 0 atom stereocenters. The molecule has 112 valence electrons. The summed E-state index contributed by atoms with van der Waals surface area (Å²) >= 11 is 12.1. The molecule has 0 bridgehead atoms. The van der Waals surface area contributed by atoms with Gasteiger partial charge in [0.15, 0.2) is 0 Å². The second-order valence-corrected chi connectivity index (χ2v) is 5.56. The van der Waals surface area contributed by atoms with E-state index in [1.165, 1.54) is 13.2 Å². The number of aromatic nitrogens is 2. The highest BCUT2D eigenvalue weighted by Gasteiger charge is 2.18. The van der Waals surface area contributed by atoms with Gasteiger partial charge in [0.2, 0.25) is 0 Å².